The van der Waals surface area contributed by atoms with Gasteiger partial charge in [0.1, 0.15) is 0 Å². The molecule has 0 aromatic heterocycles. The molecule has 0 bridgehead atoms. The molecule has 0 saturated heterocycles. The van der Waals surface area contributed by atoms with E-state index in [1.165, 1.54) is 44.5 Å². The standard InChI is InChI=1S/C50H50N2/c1-7-8-25-48(47-26-16-15-18-36(47)2)44-24-17-23-43(35-44)41-29-33-46(34-30-41)50(5,6)45-31-27-40(28-32-45)38(4)52-49(42-21-13-10-14-22-42)51-37(3)39-19-11-9-12-20-39/h7-9,11-13,16-17,19-35H,4,10,14-15,18H2,1-3,5-6H3/b8-7-,48-25-,51-37?,52-49?. The van der Waals surface area contributed by atoms with E-state index < -0.39 is 0 Å². The van der Waals surface area contributed by atoms with Crippen molar-refractivity contribution in [2.75, 3.05) is 0 Å². The van der Waals surface area contributed by atoms with Crippen LogP contribution in [0.4, 0.5) is 0 Å². The number of benzene rings is 4. The van der Waals surface area contributed by atoms with Gasteiger partial charge in [-0.25, -0.2) is 9.98 Å². The fraction of sp³-hybridized carbons (Fsp3) is 0.200. The third kappa shape index (κ3) is 8.46. The lowest BCUT2D eigenvalue weighted by Gasteiger charge is -2.26. The fourth-order valence-corrected chi connectivity index (χ4v) is 6.85. The second kappa shape index (κ2) is 16.6. The molecule has 2 aliphatic rings. The first-order chi connectivity index (χ1) is 25.2. The van der Waals surface area contributed by atoms with E-state index >= 15 is 0 Å². The smallest absolute Gasteiger partial charge is 0.159 e. The number of hydrogen-bond acceptors (Lipinski definition) is 1. The molecule has 52 heavy (non-hydrogen) atoms. The van der Waals surface area contributed by atoms with Gasteiger partial charge in [0.15, 0.2) is 5.84 Å². The Hall–Kier alpha value is -5.60. The minimum atomic E-state index is -0.191. The predicted octanol–water partition coefficient (Wildman–Crippen LogP) is 13.5. The topological polar surface area (TPSA) is 24.7 Å². The van der Waals surface area contributed by atoms with Crippen LogP contribution in [0, 0.1) is 0 Å². The van der Waals surface area contributed by atoms with Gasteiger partial charge in [-0.3, -0.25) is 0 Å². The van der Waals surface area contributed by atoms with Gasteiger partial charge in [-0.1, -0.05) is 172 Å². The van der Waals surface area contributed by atoms with Crippen LogP contribution < -0.4 is 0 Å². The number of amidine groups is 1. The maximum atomic E-state index is 4.99. The molecule has 2 heteroatoms. The number of nitrogens with zero attached hydrogens (tertiary/aromatic N) is 2. The van der Waals surface area contributed by atoms with Crippen LogP contribution in [0.25, 0.3) is 22.4 Å². The second-order valence-corrected chi connectivity index (χ2v) is 14.2. The van der Waals surface area contributed by atoms with Crippen LogP contribution in [0.2, 0.25) is 0 Å². The molecule has 6 rings (SSSR count). The van der Waals surface area contributed by atoms with Gasteiger partial charge in [-0.15, -0.1) is 0 Å². The Bertz CT molecular complexity index is 2160. The molecule has 4 aromatic carbocycles. The molecule has 0 heterocycles. The lowest BCUT2D eigenvalue weighted by Crippen LogP contribution is -2.18. The molecule has 2 nitrogen and oxygen atoms in total. The maximum Gasteiger partial charge on any atom is 0.159 e. The van der Waals surface area contributed by atoms with Crippen molar-refractivity contribution in [1.29, 1.82) is 0 Å². The third-order valence-corrected chi connectivity index (χ3v) is 10.2. The highest BCUT2D eigenvalue weighted by Gasteiger charge is 2.23. The Balaban J connectivity index is 1.22. The lowest BCUT2D eigenvalue weighted by atomic mass is 9.77. The Labute approximate surface area is 311 Å². The van der Waals surface area contributed by atoms with Crippen molar-refractivity contribution in [3.8, 4) is 11.1 Å². The molecule has 2 aliphatic carbocycles. The molecule has 0 atom stereocenters. The number of hydrogen-bond donors (Lipinski definition) is 0. The summed E-state index contributed by atoms with van der Waals surface area (Å²) >= 11 is 0. The first-order valence-electron chi connectivity index (χ1n) is 18.5. The molecule has 0 radical (unpaired) electrons. The van der Waals surface area contributed by atoms with Crippen molar-refractivity contribution < 1.29 is 0 Å². The van der Waals surface area contributed by atoms with E-state index in [1.807, 2.05) is 25.1 Å². The summed E-state index contributed by atoms with van der Waals surface area (Å²) in [7, 11) is 0. The number of rotatable bonds is 10. The molecule has 0 aliphatic heterocycles. The highest BCUT2D eigenvalue weighted by molar-refractivity contribution is 6.13. The zero-order valence-electron chi connectivity index (χ0n) is 31.4. The van der Waals surface area contributed by atoms with E-state index in [2.05, 4.69) is 168 Å². The molecule has 0 spiro atoms. The van der Waals surface area contributed by atoms with E-state index in [9.17, 15) is 0 Å². The summed E-state index contributed by atoms with van der Waals surface area (Å²) in [6.45, 7) is 15.3. The van der Waals surface area contributed by atoms with E-state index in [1.54, 1.807) is 0 Å². The summed E-state index contributed by atoms with van der Waals surface area (Å²) < 4.78 is 0. The normalized spacial score (nSPS) is 15.7. The minimum absolute atomic E-state index is 0.191. The van der Waals surface area contributed by atoms with Crippen molar-refractivity contribution in [2.24, 2.45) is 9.98 Å². The SMILES string of the molecule is C=C(N=C(N=C(C)c1ccccc1)C1=CCCC=C1)c1ccc(C(C)(C)c2ccc(-c3cccc(/C(=C/C=C\C)C4=C(C)CCC=C4)c3)cc2)cc1. The van der Waals surface area contributed by atoms with Crippen molar-refractivity contribution in [2.45, 2.75) is 65.7 Å². The fourth-order valence-electron chi connectivity index (χ4n) is 6.85. The van der Waals surface area contributed by atoms with E-state index in [4.69, 9.17) is 9.98 Å². The summed E-state index contributed by atoms with van der Waals surface area (Å²) in [4.78, 5) is 9.98. The quantitative estimate of drug-likeness (QED) is 0.0906. The van der Waals surface area contributed by atoms with Gasteiger partial charge in [0.2, 0.25) is 0 Å². The average Bonchev–Trinajstić information content (AvgIpc) is 3.19. The summed E-state index contributed by atoms with van der Waals surface area (Å²) in [5, 5.41) is 0. The van der Waals surface area contributed by atoms with E-state index in [-0.39, 0.29) is 5.41 Å². The maximum absolute atomic E-state index is 4.99. The molecular weight excluding hydrogens is 629 g/mol. The molecular formula is C50H50N2. The van der Waals surface area contributed by atoms with E-state index in [0.29, 0.717) is 11.5 Å². The second-order valence-electron chi connectivity index (χ2n) is 14.2. The summed E-state index contributed by atoms with van der Waals surface area (Å²) in [5.41, 5.74) is 14.8. The number of allylic oxidation sites excluding steroid dienone is 10. The first-order valence-corrected chi connectivity index (χ1v) is 18.5. The van der Waals surface area contributed by atoms with Crippen LogP contribution in [-0.4, -0.2) is 11.5 Å². The van der Waals surface area contributed by atoms with Gasteiger partial charge in [0.05, 0.1) is 5.70 Å². The van der Waals surface area contributed by atoms with Crippen LogP contribution in [-0.2, 0) is 5.41 Å². The van der Waals surface area contributed by atoms with Crippen LogP contribution in [0.1, 0.15) is 88.1 Å². The molecule has 4 aromatic rings. The van der Waals surface area contributed by atoms with Gasteiger partial charge < -0.3 is 0 Å². The van der Waals surface area contributed by atoms with Crippen LogP contribution in [0.15, 0.2) is 185 Å². The van der Waals surface area contributed by atoms with Crippen molar-refractivity contribution in [3.63, 3.8) is 0 Å². The van der Waals surface area contributed by atoms with Crippen LogP contribution in [0.5, 0.6) is 0 Å². The monoisotopic (exact) mass is 678 g/mol. The molecule has 0 saturated carbocycles. The summed E-state index contributed by atoms with van der Waals surface area (Å²) in [6.07, 6.45) is 21.9. The summed E-state index contributed by atoms with van der Waals surface area (Å²) in [5.74, 6) is 0.695. The Kier molecular flexibility index (Phi) is 11.6. The van der Waals surface area contributed by atoms with Crippen LogP contribution in [0.3, 0.4) is 0 Å². The third-order valence-electron chi connectivity index (χ3n) is 10.2. The highest BCUT2D eigenvalue weighted by atomic mass is 14.9. The average molecular weight is 679 g/mol. The van der Waals surface area contributed by atoms with E-state index in [0.717, 1.165) is 48.1 Å². The van der Waals surface area contributed by atoms with Crippen molar-refractivity contribution in [1.82, 2.24) is 0 Å². The van der Waals surface area contributed by atoms with Gasteiger partial charge in [-0.2, -0.15) is 0 Å². The summed E-state index contributed by atoms with van der Waals surface area (Å²) in [6, 6.07) is 37.0. The minimum Gasteiger partial charge on any atom is -0.233 e. The van der Waals surface area contributed by atoms with Gasteiger partial charge in [0.25, 0.3) is 0 Å². The Morgan fingerprint density at radius 2 is 1.40 bits per heavy atom. The van der Waals surface area contributed by atoms with Gasteiger partial charge >= 0.3 is 0 Å². The molecule has 0 unspecified atom stereocenters. The Morgan fingerprint density at radius 1 is 0.712 bits per heavy atom. The van der Waals surface area contributed by atoms with Crippen molar-refractivity contribution in [3.05, 3.63) is 203 Å². The first kappa shape index (κ1) is 36.2. The van der Waals surface area contributed by atoms with Crippen molar-refractivity contribution >= 4 is 22.8 Å². The predicted molar refractivity (Wildman–Crippen MR) is 226 cm³/mol. The Morgan fingerprint density at radius 3 is 2.08 bits per heavy atom. The molecule has 260 valence electrons. The molecule has 0 N–H and O–H groups in total. The highest BCUT2D eigenvalue weighted by Crippen LogP contribution is 2.36. The zero-order valence-corrected chi connectivity index (χ0v) is 31.4. The number of aliphatic imine (C=N–C) groups is 2. The zero-order chi connectivity index (χ0) is 36.5. The lowest BCUT2D eigenvalue weighted by molar-refractivity contribution is 0.641. The molecule has 0 amide bonds. The van der Waals surface area contributed by atoms with Gasteiger partial charge in [-0.05, 0) is 103 Å². The van der Waals surface area contributed by atoms with Gasteiger partial charge in [0, 0.05) is 16.7 Å². The van der Waals surface area contributed by atoms with Crippen LogP contribution >= 0.6 is 0 Å². The molecule has 0 fully saturated rings. The largest absolute Gasteiger partial charge is 0.233 e.